The van der Waals surface area contributed by atoms with E-state index < -0.39 is 12.1 Å². The van der Waals surface area contributed by atoms with Crippen molar-refractivity contribution in [3.05, 3.63) is 42.0 Å². The van der Waals surface area contributed by atoms with Crippen LogP contribution in [0.15, 0.2) is 36.4 Å². The van der Waals surface area contributed by atoms with Gasteiger partial charge in [-0.05, 0) is 89.2 Å². The first-order chi connectivity index (χ1) is 21.7. The number of aliphatic hydroxyl groups is 1. The molecule has 45 heavy (non-hydrogen) atoms. The van der Waals surface area contributed by atoms with Crippen LogP contribution in [-0.4, -0.2) is 91.8 Å². The van der Waals surface area contributed by atoms with E-state index >= 15 is 0 Å². The van der Waals surface area contributed by atoms with Crippen molar-refractivity contribution in [2.45, 2.75) is 71.1 Å². The van der Waals surface area contributed by atoms with Crippen LogP contribution in [0.2, 0.25) is 0 Å². The van der Waals surface area contributed by atoms with E-state index in [0.717, 1.165) is 38.3 Å². The SMILES string of the molecule is C[C@H]1CCCCO[C@H](CN(C)CC2CC2)[C@@H](C)CN([C@@H](C)CO)C(=O)c2cc(NC(=O)Nc3ccc4c(c3)OCO4)ccc2O1. The van der Waals surface area contributed by atoms with Crippen LogP contribution < -0.4 is 24.8 Å². The fraction of sp³-hybridized carbons (Fsp3) is 0.588. The molecule has 11 heteroatoms. The number of rotatable bonds is 8. The first-order valence-corrected chi connectivity index (χ1v) is 16.2. The maximum absolute atomic E-state index is 14.3. The number of nitrogens with zero attached hydrogens (tertiary/aromatic N) is 2. The van der Waals surface area contributed by atoms with Gasteiger partial charge in [0.1, 0.15) is 5.75 Å². The molecule has 0 saturated heterocycles. The molecule has 11 nitrogen and oxygen atoms in total. The van der Waals surface area contributed by atoms with Crippen molar-refractivity contribution in [1.82, 2.24) is 9.80 Å². The Kier molecular flexibility index (Phi) is 11.1. The van der Waals surface area contributed by atoms with Crippen molar-refractivity contribution in [2.24, 2.45) is 11.8 Å². The fourth-order valence-corrected chi connectivity index (χ4v) is 5.85. The largest absolute Gasteiger partial charge is 0.490 e. The third-order valence-electron chi connectivity index (χ3n) is 8.70. The molecule has 3 aliphatic rings. The Morgan fingerprint density at radius 1 is 1.00 bits per heavy atom. The molecule has 5 rings (SSSR count). The van der Waals surface area contributed by atoms with Crippen molar-refractivity contribution in [2.75, 3.05) is 57.3 Å². The minimum absolute atomic E-state index is 0.0182. The molecule has 4 atom stereocenters. The highest BCUT2D eigenvalue weighted by Crippen LogP contribution is 2.34. The number of likely N-dealkylation sites (N-methyl/N-ethyl adjacent to an activating group) is 1. The molecular formula is C34H48N4O7. The average Bonchev–Trinajstić information content (AvgIpc) is 3.70. The third kappa shape index (κ3) is 9.02. The second-order valence-electron chi connectivity index (χ2n) is 12.8. The number of hydrogen-bond donors (Lipinski definition) is 3. The van der Waals surface area contributed by atoms with E-state index in [1.807, 2.05) is 13.8 Å². The molecule has 1 aliphatic carbocycles. The van der Waals surface area contributed by atoms with Gasteiger partial charge in [-0.1, -0.05) is 6.92 Å². The van der Waals surface area contributed by atoms with Gasteiger partial charge in [-0.25, -0.2) is 4.79 Å². The van der Waals surface area contributed by atoms with E-state index in [0.29, 0.717) is 47.3 Å². The molecule has 1 fully saturated rings. The summed E-state index contributed by atoms with van der Waals surface area (Å²) in [5, 5.41) is 15.8. The molecule has 2 aromatic rings. The summed E-state index contributed by atoms with van der Waals surface area (Å²) in [6, 6.07) is 9.35. The normalized spacial score (nSPS) is 23.1. The Morgan fingerprint density at radius 2 is 1.71 bits per heavy atom. The molecule has 3 N–H and O–H groups in total. The van der Waals surface area contributed by atoms with Gasteiger partial charge in [0.15, 0.2) is 11.5 Å². The Balaban J connectivity index is 1.37. The van der Waals surface area contributed by atoms with Crippen LogP contribution in [-0.2, 0) is 4.74 Å². The number of benzene rings is 2. The smallest absolute Gasteiger partial charge is 0.323 e. The van der Waals surface area contributed by atoms with Crippen molar-refractivity contribution in [1.29, 1.82) is 0 Å². The number of hydrogen-bond acceptors (Lipinski definition) is 8. The lowest BCUT2D eigenvalue weighted by Crippen LogP contribution is -2.47. The second-order valence-corrected chi connectivity index (χ2v) is 12.8. The molecular weight excluding hydrogens is 576 g/mol. The number of carbonyl (C=O) groups excluding carboxylic acids is 2. The Morgan fingerprint density at radius 3 is 2.44 bits per heavy atom. The van der Waals surface area contributed by atoms with Gasteiger partial charge in [0, 0.05) is 49.6 Å². The molecule has 0 unspecified atom stereocenters. The molecule has 0 aromatic heterocycles. The van der Waals surface area contributed by atoms with E-state index in [4.69, 9.17) is 18.9 Å². The Bertz CT molecular complexity index is 1320. The average molecular weight is 625 g/mol. The van der Waals surface area contributed by atoms with Gasteiger partial charge in [-0.2, -0.15) is 0 Å². The van der Waals surface area contributed by atoms with E-state index in [1.54, 1.807) is 41.3 Å². The summed E-state index contributed by atoms with van der Waals surface area (Å²) in [5.41, 5.74) is 1.31. The van der Waals surface area contributed by atoms with Gasteiger partial charge in [0.2, 0.25) is 6.79 Å². The maximum Gasteiger partial charge on any atom is 0.323 e. The van der Waals surface area contributed by atoms with Crippen LogP contribution in [0.1, 0.15) is 63.2 Å². The molecule has 3 amide bonds. The van der Waals surface area contributed by atoms with E-state index in [2.05, 4.69) is 29.5 Å². The maximum atomic E-state index is 14.3. The number of ether oxygens (including phenoxy) is 4. The van der Waals surface area contributed by atoms with Crippen LogP contribution in [0.3, 0.4) is 0 Å². The number of fused-ring (bicyclic) bond motifs is 2. The topological polar surface area (TPSA) is 122 Å². The lowest BCUT2D eigenvalue weighted by atomic mass is 10.0. The Labute approximate surface area is 266 Å². The summed E-state index contributed by atoms with van der Waals surface area (Å²) in [5.74, 6) is 2.16. The standard InChI is InChI=1S/C34H48N4O7/c1-22-17-38(23(2)20-39)33(40)28-15-26(35-34(41)36-27-11-13-30-31(16-27)44-21-43-30)10-12-29(28)45-24(3)7-5-6-14-42-32(22)19-37(4)18-25-8-9-25/h10-13,15-16,22-25,32,39H,5-9,14,17-21H2,1-4H3,(H2,35,36,41)/t22-,23-,24-,32+/m0/s1. The fourth-order valence-electron chi connectivity index (χ4n) is 5.85. The van der Waals surface area contributed by atoms with Gasteiger partial charge in [-0.3, -0.25) is 4.79 Å². The quantitative estimate of drug-likeness (QED) is 0.367. The number of amides is 3. The molecule has 0 bridgehead atoms. The van der Waals surface area contributed by atoms with Crippen LogP contribution in [0, 0.1) is 11.8 Å². The van der Waals surface area contributed by atoms with Gasteiger partial charge >= 0.3 is 6.03 Å². The van der Waals surface area contributed by atoms with Gasteiger partial charge in [0.25, 0.3) is 5.91 Å². The number of urea groups is 1. The summed E-state index contributed by atoms with van der Waals surface area (Å²) in [6.07, 6.45) is 5.07. The zero-order chi connectivity index (χ0) is 31.9. The Hall–Kier alpha value is -3.54. The van der Waals surface area contributed by atoms with Crippen LogP contribution >= 0.6 is 0 Å². The van der Waals surface area contributed by atoms with Crippen LogP contribution in [0.5, 0.6) is 17.2 Å². The van der Waals surface area contributed by atoms with Crippen LogP contribution in [0.4, 0.5) is 16.2 Å². The first-order valence-electron chi connectivity index (χ1n) is 16.2. The molecule has 0 radical (unpaired) electrons. The van der Waals surface area contributed by atoms with E-state index in [1.165, 1.54) is 12.8 Å². The number of nitrogens with one attached hydrogen (secondary N) is 2. The first kappa shape index (κ1) is 32.8. The predicted octanol–water partition coefficient (Wildman–Crippen LogP) is 5.20. The molecule has 2 aliphatic heterocycles. The van der Waals surface area contributed by atoms with Crippen molar-refractivity contribution >= 4 is 23.3 Å². The summed E-state index contributed by atoms with van der Waals surface area (Å²) in [7, 11) is 2.14. The highest BCUT2D eigenvalue weighted by molar-refractivity contribution is 6.02. The monoisotopic (exact) mass is 624 g/mol. The number of carbonyl (C=O) groups is 2. The zero-order valence-electron chi connectivity index (χ0n) is 26.9. The molecule has 2 heterocycles. The van der Waals surface area contributed by atoms with Crippen LogP contribution in [0.25, 0.3) is 0 Å². The van der Waals surface area contributed by atoms with Gasteiger partial charge in [0.05, 0.1) is 30.4 Å². The second kappa shape index (κ2) is 15.2. The third-order valence-corrected chi connectivity index (χ3v) is 8.70. The van der Waals surface area contributed by atoms with E-state index in [-0.39, 0.29) is 37.4 Å². The molecule has 0 spiro atoms. The summed E-state index contributed by atoms with van der Waals surface area (Å²) >= 11 is 0. The molecule has 246 valence electrons. The summed E-state index contributed by atoms with van der Waals surface area (Å²) < 4.78 is 23.5. The zero-order valence-corrected chi connectivity index (χ0v) is 26.9. The van der Waals surface area contributed by atoms with Crippen molar-refractivity contribution in [3.63, 3.8) is 0 Å². The summed E-state index contributed by atoms with van der Waals surface area (Å²) in [4.78, 5) is 31.3. The minimum Gasteiger partial charge on any atom is -0.490 e. The predicted molar refractivity (Wildman–Crippen MR) is 172 cm³/mol. The number of anilines is 2. The lowest BCUT2D eigenvalue weighted by molar-refractivity contribution is -0.0172. The highest BCUT2D eigenvalue weighted by atomic mass is 16.7. The lowest BCUT2D eigenvalue weighted by Gasteiger charge is -2.36. The summed E-state index contributed by atoms with van der Waals surface area (Å²) in [6.45, 7) is 8.81. The van der Waals surface area contributed by atoms with Crippen molar-refractivity contribution < 1.29 is 33.6 Å². The van der Waals surface area contributed by atoms with Crippen molar-refractivity contribution in [3.8, 4) is 17.2 Å². The minimum atomic E-state index is -0.471. The number of aliphatic hydroxyl groups excluding tert-OH is 1. The molecule has 1 saturated carbocycles. The molecule has 2 aromatic carbocycles. The van der Waals surface area contributed by atoms with Gasteiger partial charge in [-0.15, -0.1) is 0 Å². The van der Waals surface area contributed by atoms with Gasteiger partial charge < -0.3 is 44.5 Å². The van der Waals surface area contributed by atoms with E-state index in [9.17, 15) is 14.7 Å². The highest BCUT2D eigenvalue weighted by Gasteiger charge is 2.31.